The van der Waals surface area contributed by atoms with Gasteiger partial charge < -0.3 is 14.8 Å². The molecule has 0 bridgehead atoms. The number of hydrogen-bond acceptors (Lipinski definition) is 5. The van der Waals surface area contributed by atoms with Crippen LogP contribution in [0.4, 0.5) is 0 Å². The van der Waals surface area contributed by atoms with E-state index in [-0.39, 0.29) is 11.6 Å². The summed E-state index contributed by atoms with van der Waals surface area (Å²) in [5.41, 5.74) is 1.14. The van der Waals surface area contributed by atoms with Crippen molar-refractivity contribution in [2.75, 3.05) is 13.7 Å². The first-order chi connectivity index (χ1) is 10.2. The zero-order valence-corrected chi connectivity index (χ0v) is 12.0. The average Bonchev–Trinajstić information content (AvgIpc) is 2.54. The number of nitrogens with zero attached hydrogens (tertiary/aromatic N) is 2. The van der Waals surface area contributed by atoms with Gasteiger partial charge in [-0.05, 0) is 19.1 Å². The molecule has 110 valence electrons. The Hall–Kier alpha value is -2.63. The molecule has 1 N–H and O–H groups in total. The molecule has 0 radical (unpaired) electrons. The lowest BCUT2D eigenvalue weighted by Crippen LogP contribution is -2.24. The number of hydrogen-bond donors (Lipinski definition) is 1. The third kappa shape index (κ3) is 3.92. The fourth-order valence-corrected chi connectivity index (χ4v) is 1.78. The molecule has 0 unspecified atom stereocenters. The van der Waals surface area contributed by atoms with Gasteiger partial charge in [-0.15, -0.1) is 10.2 Å². The number of carbonyl (C=O) groups is 1. The standard InChI is InChI=1S/C15H17N3O3/c1-3-21-14-9-8-12(17-18-14)15(19)16-10-11-6-4-5-7-13(11)20-2/h4-9H,3,10H2,1-2H3,(H,16,19). The molecule has 0 spiro atoms. The maximum atomic E-state index is 12.0. The number of amides is 1. The molecule has 0 saturated heterocycles. The molecule has 0 atom stereocenters. The molecule has 1 aromatic heterocycles. The van der Waals surface area contributed by atoms with E-state index in [9.17, 15) is 4.79 Å². The molecule has 0 aliphatic heterocycles. The normalized spacial score (nSPS) is 10.0. The fourth-order valence-electron chi connectivity index (χ4n) is 1.78. The highest BCUT2D eigenvalue weighted by Crippen LogP contribution is 2.16. The van der Waals surface area contributed by atoms with Gasteiger partial charge in [0.15, 0.2) is 5.69 Å². The Morgan fingerprint density at radius 3 is 2.67 bits per heavy atom. The second kappa shape index (κ2) is 7.23. The van der Waals surface area contributed by atoms with E-state index in [1.54, 1.807) is 19.2 Å². The topological polar surface area (TPSA) is 73.3 Å². The van der Waals surface area contributed by atoms with E-state index >= 15 is 0 Å². The number of benzene rings is 1. The smallest absolute Gasteiger partial charge is 0.272 e. The highest BCUT2D eigenvalue weighted by molar-refractivity contribution is 5.92. The number of carbonyl (C=O) groups excluding carboxylic acids is 1. The van der Waals surface area contributed by atoms with Crippen LogP contribution in [0.5, 0.6) is 11.6 Å². The van der Waals surface area contributed by atoms with Crippen molar-refractivity contribution >= 4 is 5.91 Å². The number of methoxy groups -OCH3 is 1. The number of ether oxygens (including phenoxy) is 2. The summed E-state index contributed by atoms with van der Waals surface area (Å²) in [4.78, 5) is 12.0. The van der Waals surface area contributed by atoms with E-state index in [0.717, 1.165) is 11.3 Å². The van der Waals surface area contributed by atoms with Crippen molar-refractivity contribution in [2.24, 2.45) is 0 Å². The van der Waals surface area contributed by atoms with Crippen molar-refractivity contribution < 1.29 is 14.3 Å². The van der Waals surface area contributed by atoms with E-state index in [1.165, 1.54) is 0 Å². The summed E-state index contributed by atoms with van der Waals surface area (Å²) in [5, 5.41) is 10.4. The van der Waals surface area contributed by atoms with Crippen molar-refractivity contribution in [3.8, 4) is 11.6 Å². The SMILES string of the molecule is CCOc1ccc(C(=O)NCc2ccccc2OC)nn1. The molecule has 0 aliphatic rings. The predicted molar refractivity (Wildman–Crippen MR) is 77.4 cm³/mol. The van der Waals surface area contributed by atoms with E-state index in [0.29, 0.717) is 19.0 Å². The molecule has 21 heavy (non-hydrogen) atoms. The van der Waals surface area contributed by atoms with Crippen LogP contribution in [0.15, 0.2) is 36.4 Å². The van der Waals surface area contributed by atoms with Crippen LogP contribution >= 0.6 is 0 Å². The average molecular weight is 287 g/mol. The van der Waals surface area contributed by atoms with E-state index in [1.807, 2.05) is 31.2 Å². The van der Waals surface area contributed by atoms with E-state index in [2.05, 4.69) is 15.5 Å². The molecule has 6 nitrogen and oxygen atoms in total. The highest BCUT2D eigenvalue weighted by Gasteiger charge is 2.09. The van der Waals surface area contributed by atoms with Crippen molar-refractivity contribution in [3.63, 3.8) is 0 Å². The number of nitrogens with one attached hydrogen (secondary N) is 1. The van der Waals surface area contributed by atoms with Gasteiger partial charge in [0.1, 0.15) is 5.75 Å². The van der Waals surface area contributed by atoms with Gasteiger partial charge in [0.2, 0.25) is 5.88 Å². The fraction of sp³-hybridized carbons (Fsp3) is 0.267. The molecule has 2 aromatic rings. The molecule has 1 heterocycles. The minimum atomic E-state index is -0.295. The molecule has 6 heteroatoms. The molecule has 2 rings (SSSR count). The maximum Gasteiger partial charge on any atom is 0.272 e. The van der Waals surface area contributed by atoms with Gasteiger partial charge in [-0.3, -0.25) is 4.79 Å². The second-order valence-electron chi connectivity index (χ2n) is 4.18. The summed E-state index contributed by atoms with van der Waals surface area (Å²) in [6.45, 7) is 2.72. The Labute approximate surface area is 123 Å². The Balaban J connectivity index is 1.98. The van der Waals surface area contributed by atoms with Gasteiger partial charge in [-0.2, -0.15) is 0 Å². The van der Waals surface area contributed by atoms with E-state index < -0.39 is 0 Å². The molecule has 0 aliphatic carbocycles. The van der Waals surface area contributed by atoms with Crippen molar-refractivity contribution in [1.29, 1.82) is 0 Å². The van der Waals surface area contributed by atoms with Gasteiger partial charge in [0.05, 0.1) is 13.7 Å². The lowest BCUT2D eigenvalue weighted by molar-refractivity contribution is 0.0944. The summed E-state index contributed by atoms with van der Waals surface area (Å²) in [5.74, 6) is 0.839. The van der Waals surface area contributed by atoms with Crippen molar-refractivity contribution in [1.82, 2.24) is 15.5 Å². The first kappa shape index (κ1) is 14.8. The second-order valence-corrected chi connectivity index (χ2v) is 4.18. The third-order valence-electron chi connectivity index (χ3n) is 2.80. The zero-order chi connectivity index (χ0) is 15.1. The van der Waals surface area contributed by atoms with Crippen molar-refractivity contribution in [2.45, 2.75) is 13.5 Å². The molecule has 0 fully saturated rings. The largest absolute Gasteiger partial charge is 0.496 e. The minimum absolute atomic E-state index is 0.244. The van der Waals surface area contributed by atoms with Gasteiger partial charge in [0.25, 0.3) is 5.91 Å². The van der Waals surface area contributed by atoms with Crippen LogP contribution in [0, 0.1) is 0 Å². The minimum Gasteiger partial charge on any atom is -0.496 e. The summed E-state index contributed by atoms with van der Waals surface area (Å²) in [6, 6.07) is 10.7. The molecule has 1 aromatic carbocycles. The summed E-state index contributed by atoms with van der Waals surface area (Å²) < 4.78 is 10.4. The van der Waals surface area contributed by atoms with Crippen LogP contribution in [0.2, 0.25) is 0 Å². The maximum absolute atomic E-state index is 12.0. The quantitative estimate of drug-likeness (QED) is 0.877. The summed E-state index contributed by atoms with van der Waals surface area (Å²) >= 11 is 0. The lowest BCUT2D eigenvalue weighted by atomic mass is 10.2. The lowest BCUT2D eigenvalue weighted by Gasteiger charge is -2.09. The Bertz CT molecular complexity index is 599. The van der Waals surface area contributed by atoms with Crippen molar-refractivity contribution in [3.05, 3.63) is 47.7 Å². The molecule has 1 amide bonds. The molecular formula is C15H17N3O3. The highest BCUT2D eigenvalue weighted by atomic mass is 16.5. The van der Waals surface area contributed by atoms with Crippen LogP contribution in [0.25, 0.3) is 0 Å². The van der Waals surface area contributed by atoms with Crippen LogP contribution in [0.1, 0.15) is 23.0 Å². The van der Waals surface area contributed by atoms with Crippen LogP contribution in [-0.4, -0.2) is 29.8 Å². The third-order valence-corrected chi connectivity index (χ3v) is 2.80. The Kier molecular flexibility index (Phi) is 5.09. The van der Waals surface area contributed by atoms with Crippen LogP contribution < -0.4 is 14.8 Å². The Morgan fingerprint density at radius 2 is 2.00 bits per heavy atom. The van der Waals surface area contributed by atoms with Gasteiger partial charge in [-0.25, -0.2) is 0 Å². The first-order valence-electron chi connectivity index (χ1n) is 6.61. The monoisotopic (exact) mass is 287 g/mol. The van der Waals surface area contributed by atoms with Gasteiger partial charge in [-0.1, -0.05) is 18.2 Å². The number of rotatable bonds is 6. The zero-order valence-electron chi connectivity index (χ0n) is 12.0. The van der Waals surface area contributed by atoms with Gasteiger partial charge in [0, 0.05) is 18.2 Å². The summed E-state index contributed by atoms with van der Waals surface area (Å²) in [7, 11) is 1.60. The molecule has 0 saturated carbocycles. The number of para-hydroxylation sites is 1. The number of aromatic nitrogens is 2. The van der Waals surface area contributed by atoms with Crippen LogP contribution in [0.3, 0.4) is 0 Å². The van der Waals surface area contributed by atoms with Crippen LogP contribution in [-0.2, 0) is 6.54 Å². The van der Waals surface area contributed by atoms with Gasteiger partial charge >= 0.3 is 0 Å². The first-order valence-corrected chi connectivity index (χ1v) is 6.61. The van der Waals surface area contributed by atoms with E-state index in [4.69, 9.17) is 9.47 Å². The predicted octanol–water partition coefficient (Wildman–Crippen LogP) is 1.81. The molecular weight excluding hydrogens is 270 g/mol. The Morgan fingerprint density at radius 1 is 1.19 bits per heavy atom. The summed E-state index contributed by atoms with van der Waals surface area (Å²) in [6.07, 6.45) is 0.